The Hall–Kier alpha value is -2.32. The SMILES string of the molecule is CCCCC(=O)N(C=O)OC(=O)C1=C/CCC=C(C(C)SSc2ccccn2)/C=C\1. The van der Waals surface area contributed by atoms with Crippen molar-refractivity contribution in [1.82, 2.24) is 10.0 Å². The first-order valence-electron chi connectivity index (χ1n) is 9.87. The van der Waals surface area contributed by atoms with Crippen molar-refractivity contribution >= 4 is 39.9 Å². The number of amides is 2. The molecule has 1 atom stereocenters. The minimum Gasteiger partial charge on any atom is -0.325 e. The zero-order valence-electron chi connectivity index (χ0n) is 17.2. The predicted octanol–water partition coefficient (Wildman–Crippen LogP) is 5.05. The van der Waals surface area contributed by atoms with Crippen molar-refractivity contribution in [2.75, 3.05) is 0 Å². The van der Waals surface area contributed by atoms with E-state index in [2.05, 4.69) is 18.0 Å². The Labute approximate surface area is 185 Å². The molecule has 0 saturated heterocycles. The first kappa shape index (κ1) is 24.0. The van der Waals surface area contributed by atoms with E-state index in [1.165, 1.54) is 0 Å². The van der Waals surface area contributed by atoms with Crippen LogP contribution in [0.5, 0.6) is 0 Å². The second kappa shape index (κ2) is 13.1. The number of hydrogen-bond donors (Lipinski definition) is 0. The minimum atomic E-state index is -0.715. The van der Waals surface area contributed by atoms with E-state index in [1.807, 2.05) is 31.2 Å². The maximum absolute atomic E-state index is 12.5. The molecule has 0 fully saturated rings. The van der Waals surface area contributed by atoms with Crippen LogP contribution in [-0.2, 0) is 19.2 Å². The summed E-state index contributed by atoms with van der Waals surface area (Å²) in [5, 5.41) is 1.62. The lowest BCUT2D eigenvalue weighted by Crippen LogP contribution is -2.32. The summed E-state index contributed by atoms with van der Waals surface area (Å²) in [6.45, 7) is 4.04. The second-order valence-corrected chi connectivity index (χ2v) is 9.13. The van der Waals surface area contributed by atoms with E-state index in [4.69, 9.17) is 4.84 Å². The molecule has 0 aromatic carbocycles. The molecule has 6 nitrogen and oxygen atoms in total. The maximum atomic E-state index is 12.5. The van der Waals surface area contributed by atoms with Gasteiger partial charge < -0.3 is 4.84 Å². The van der Waals surface area contributed by atoms with E-state index in [0.29, 0.717) is 23.5 Å². The van der Waals surface area contributed by atoms with Crippen LogP contribution in [0.15, 0.2) is 64.9 Å². The molecular formula is C22H26N2O4S2. The van der Waals surface area contributed by atoms with Crippen molar-refractivity contribution in [2.45, 2.75) is 56.2 Å². The molecule has 1 aromatic rings. The number of allylic oxidation sites excluding steroid dienone is 3. The molecule has 2 amide bonds. The summed E-state index contributed by atoms with van der Waals surface area (Å²) in [6.07, 6.45) is 12.5. The lowest BCUT2D eigenvalue weighted by molar-refractivity contribution is -0.193. The lowest BCUT2D eigenvalue weighted by Gasteiger charge is -2.16. The first-order valence-corrected chi connectivity index (χ1v) is 12.1. The highest BCUT2D eigenvalue weighted by molar-refractivity contribution is 8.77. The fourth-order valence-electron chi connectivity index (χ4n) is 2.55. The number of imide groups is 1. The van der Waals surface area contributed by atoms with Crippen LogP contribution < -0.4 is 0 Å². The van der Waals surface area contributed by atoms with E-state index in [9.17, 15) is 14.4 Å². The van der Waals surface area contributed by atoms with Gasteiger partial charge in [-0.15, -0.1) is 5.06 Å². The Morgan fingerprint density at radius 3 is 2.77 bits per heavy atom. The van der Waals surface area contributed by atoms with Crippen LogP contribution in [0.3, 0.4) is 0 Å². The molecule has 1 aromatic heterocycles. The van der Waals surface area contributed by atoms with Crippen molar-refractivity contribution in [1.29, 1.82) is 0 Å². The zero-order chi connectivity index (χ0) is 21.8. The quantitative estimate of drug-likeness (QED) is 0.298. The van der Waals surface area contributed by atoms with Gasteiger partial charge in [-0.05, 0) is 60.8 Å². The number of unbranched alkanes of at least 4 members (excludes halogenated alkanes) is 1. The van der Waals surface area contributed by atoms with Crippen LogP contribution in [0.25, 0.3) is 0 Å². The van der Waals surface area contributed by atoms with E-state index in [0.717, 1.165) is 23.4 Å². The number of carbonyl (C=O) groups excluding carboxylic acids is 3. The van der Waals surface area contributed by atoms with Crippen molar-refractivity contribution in [2.24, 2.45) is 0 Å². The normalized spacial score (nSPS) is 17.4. The average molecular weight is 447 g/mol. The number of hydroxylamine groups is 2. The molecule has 0 bridgehead atoms. The minimum absolute atomic E-state index is 0.160. The molecule has 30 heavy (non-hydrogen) atoms. The molecule has 8 heteroatoms. The maximum Gasteiger partial charge on any atom is 0.363 e. The van der Waals surface area contributed by atoms with E-state index < -0.39 is 11.9 Å². The summed E-state index contributed by atoms with van der Waals surface area (Å²) in [6, 6.07) is 5.80. The van der Waals surface area contributed by atoms with Crippen LogP contribution in [0.4, 0.5) is 0 Å². The van der Waals surface area contributed by atoms with Crippen LogP contribution >= 0.6 is 21.6 Å². The topological polar surface area (TPSA) is 76.6 Å². The van der Waals surface area contributed by atoms with Crippen molar-refractivity contribution < 1.29 is 19.2 Å². The van der Waals surface area contributed by atoms with Crippen LogP contribution in [0.2, 0.25) is 0 Å². The first-order chi connectivity index (χ1) is 14.5. The monoisotopic (exact) mass is 446 g/mol. The molecule has 1 aliphatic carbocycles. The van der Waals surface area contributed by atoms with Gasteiger partial charge in [-0.25, -0.2) is 9.78 Å². The number of hydrogen-bond acceptors (Lipinski definition) is 7. The van der Waals surface area contributed by atoms with Crippen molar-refractivity contribution in [3.05, 3.63) is 59.8 Å². The van der Waals surface area contributed by atoms with Crippen molar-refractivity contribution in [3.63, 3.8) is 0 Å². The molecule has 0 aliphatic heterocycles. The summed E-state index contributed by atoms with van der Waals surface area (Å²) in [7, 11) is 3.29. The highest BCUT2D eigenvalue weighted by Gasteiger charge is 2.20. The molecule has 2 rings (SSSR count). The summed E-state index contributed by atoms with van der Waals surface area (Å²) in [4.78, 5) is 44.9. The van der Waals surface area contributed by atoms with Gasteiger partial charge in [0.15, 0.2) is 0 Å². The van der Waals surface area contributed by atoms with Gasteiger partial charge >= 0.3 is 5.97 Å². The lowest BCUT2D eigenvalue weighted by atomic mass is 10.0. The Balaban J connectivity index is 1.97. The Bertz CT molecular complexity index is 822. The third-order valence-corrected chi connectivity index (χ3v) is 6.99. The van der Waals surface area contributed by atoms with Gasteiger partial charge in [-0.3, -0.25) is 9.59 Å². The molecule has 0 saturated carbocycles. The molecule has 160 valence electrons. The Morgan fingerprint density at radius 2 is 2.07 bits per heavy atom. The van der Waals surface area contributed by atoms with Gasteiger partial charge in [-0.1, -0.05) is 48.4 Å². The number of rotatable bonds is 9. The van der Waals surface area contributed by atoms with Crippen LogP contribution in [0.1, 0.15) is 46.0 Å². The fraction of sp³-hybridized carbons (Fsp3) is 0.364. The standard InChI is InChI=1S/C22H26N2O4S2/c1-3-4-12-21(26)24(16-25)28-22(27)19-10-6-5-9-18(13-14-19)17(2)29-30-20-11-7-8-15-23-20/h7-11,13-17H,3-6,12H2,1-2H3/b14-13-,18-9?,19-10+. The average Bonchev–Trinajstić information content (AvgIpc) is 2.74. The summed E-state index contributed by atoms with van der Waals surface area (Å²) in [5.74, 6) is -1.24. The van der Waals surface area contributed by atoms with Crippen LogP contribution in [0, 0.1) is 0 Å². The predicted molar refractivity (Wildman–Crippen MR) is 120 cm³/mol. The summed E-state index contributed by atoms with van der Waals surface area (Å²) in [5.41, 5.74) is 1.42. The number of pyridine rings is 1. The molecular weight excluding hydrogens is 420 g/mol. The van der Waals surface area contributed by atoms with E-state index in [1.54, 1.807) is 39.9 Å². The zero-order valence-corrected chi connectivity index (χ0v) is 18.8. The fourth-order valence-corrected chi connectivity index (χ4v) is 4.67. The molecule has 0 radical (unpaired) electrons. The molecule has 1 heterocycles. The molecule has 0 spiro atoms. The highest BCUT2D eigenvalue weighted by atomic mass is 33.1. The largest absolute Gasteiger partial charge is 0.363 e. The third kappa shape index (κ3) is 7.84. The van der Waals surface area contributed by atoms with Gasteiger partial charge in [0.25, 0.3) is 12.3 Å². The third-order valence-electron chi connectivity index (χ3n) is 4.25. The van der Waals surface area contributed by atoms with Gasteiger partial charge in [0.1, 0.15) is 5.03 Å². The smallest absolute Gasteiger partial charge is 0.325 e. The number of carbonyl (C=O) groups is 3. The Kier molecular flexibility index (Phi) is 10.4. The van der Waals surface area contributed by atoms with E-state index >= 15 is 0 Å². The van der Waals surface area contributed by atoms with Crippen molar-refractivity contribution in [3.8, 4) is 0 Å². The second-order valence-electron chi connectivity index (χ2n) is 6.57. The van der Waals surface area contributed by atoms with Gasteiger partial charge in [-0.2, -0.15) is 0 Å². The van der Waals surface area contributed by atoms with E-state index in [-0.39, 0.29) is 18.1 Å². The van der Waals surface area contributed by atoms with Gasteiger partial charge in [0, 0.05) is 17.9 Å². The number of aromatic nitrogens is 1. The van der Waals surface area contributed by atoms with Gasteiger partial charge in [0.2, 0.25) is 0 Å². The highest BCUT2D eigenvalue weighted by Crippen LogP contribution is 2.36. The summed E-state index contributed by atoms with van der Waals surface area (Å²) >= 11 is 0. The molecule has 1 aliphatic rings. The summed E-state index contributed by atoms with van der Waals surface area (Å²) < 4.78 is 0. The number of nitrogens with zero attached hydrogens (tertiary/aromatic N) is 2. The van der Waals surface area contributed by atoms with Crippen LogP contribution in [-0.4, -0.2) is 33.6 Å². The molecule has 1 unspecified atom stereocenters. The molecule has 0 N–H and O–H groups in total. The van der Waals surface area contributed by atoms with Gasteiger partial charge in [0.05, 0.1) is 5.57 Å². The Morgan fingerprint density at radius 1 is 1.27 bits per heavy atom.